The summed E-state index contributed by atoms with van der Waals surface area (Å²) in [5.41, 5.74) is 5.40. The van der Waals surface area contributed by atoms with Crippen LogP contribution in [0.3, 0.4) is 0 Å². The van der Waals surface area contributed by atoms with E-state index < -0.39 is 0 Å². The molecule has 5 heteroatoms. The third-order valence-corrected chi connectivity index (χ3v) is 7.37. The molecule has 0 amide bonds. The highest BCUT2D eigenvalue weighted by Gasteiger charge is 2.27. The van der Waals surface area contributed by atoms with E-state index in [1.807, 2.05) is 24.3 Å². The lowest BCUT2D eigenvalue weighted by molar-refractivity contribution is 0.201. The minimum absolute atomic E-state index is 0.465. The molecule has 170 valence electrons. The number of piperidine rings is 1. The topological polar surface area (TPSA) is 43.2 Å². The van der Waals surface area contributed by atoms with Gasteiger partial charge in [-0.2, -0.15) is 5.26 Å². The molecule has 1 fully saturated rings. The van der Waals surface area contributed by atoms with Gasteiger partial charge in [0.15, 0.2) is 5.13 Å². The van der Waals surface area contributed by atoms with Crippen molar-refractivity contribution < 1.29 is 0 Å². The van der Waals surface area contributed by atoms with Crippen molar-refractivity contribution in [3.8, 4) is 17.3 Å². The van der Waals surface area contributed by atoms with Gasteiger partial charge in [-0.1, -0.05) is 72.8 Å². The molecule has 0 unspecified atom stereocenters. The Morgan fingerprint density at radius 2 is 1.53 bits per heavy atom. The molecule has 4 nitrogen and oxygen atoms in total. The summed E-state index contributed by atoms with van der Waals surface area (Å²) in [6.45, 7) is 4.08. The monoisotopic (exact) mass is 464 g/mol. The standard InChI is InChI=1S/C29H28N4S/c30-19-23-11-13-26(14-12-23)28-22-34-29(31-28)33(21-25-9-5-2-6-10-25)27-15-17-32(18-16-27)20-24-7-3-1-4-8-24/h1-14,22,27H,15-18,20-21H2. The van der Waals surface area contributed by atoms with Crippen molar-refractivity contribution >= 4 is 16.5 Å². The molecule has 0 spiro atoms. The minimum Gasteiger partial charge on any atom is -0.341 e. The predicted molar refractivity (Wildman–Crippen MR) is 140 cm³/mol. The van der Waals surface area contributed by atoms with Crippen LogP contribution >= 0.6 is 11.3 Å². The summed E-state index contributed by atoms with van der Waals surface area (Å²) in [4.78, 5) is 10.1. The van der Waals surface area contributed by atoms with Crippen LogP contribution in [0.4, 0.5) is 5.13 Å². The molecule has 5 rings (SSSR count). The first-order valence-electron chi connectivity index (χ1n) is 11.8. The number of nitriles is 1. The number of aromatic nitrogens is 1. The van der Waals surface area contributed by atoms with E-state index in [4.69, 9.17) is 10.2 Å². The molecular weight excluding hydrogens is 436 g/mol. The lowest BCUT2D eigenvalue weighted by atomic mass is 10.0. The normalized spacial score (nSPS) is 14.6. The fourth-order valence-electron chi connectivity index (χ4n) is 4.61. The van der Waals surface area contributed by atoms with Gasteiger partial charge >= 0.3 is 0 Å². The van der Waals surface area contributed by atoms with E-state index in [0.717, 1.165) is 55.4 Å². The van der Waals surface area contributed by atoms with Crippen LogP contribution in [0.5, 0.6) is 0 Å². The van der Waals surface area contributed by atoms with Gasteiger partial charge in [0.1, 0.15) is 0 Å². The van der Waals surface area contributed by atoms with E-state index >= 15 is 0 Å². The summed E-state index contributed by atoms with van der Waals surface area (Å²) < 4.78 is 0. The van der Waals surface area contributed by atoms with Crippen molar-refractivity contribution in [2.45, 2.75) is 32.0 Å². The Labute approximate surface area is 205 Å². The first-order valence-corrected chi connectivity index (χ1v) is 12.7. The minimum atomic E-state index is 0.465. The lowest BCUT2D eigenvalue weighted by Crippen LogP contribution is -2.44. The second-order valence-electron chi connectivity index (χ2n) is 8.81. The van der Waals surface area contributed by atoms with Crippen molar-refractivity contribution in [3.63, 3.8) is 0 Å². The van der Waals surface area contributed by atoms with Gasteiger partial charge in [-0.25, -0.2) is 4.98 Å². The van der Waals surface area contributed by atoms with Gasteiger partial charge in [-0.3, -0.25) is 4.90 Å². The zero-order valence-electron chi connectivity index (χ0n) is 19.2. The molecule has 1 saturated heterocycles. The third kappa shape index (κ3) is 5.36. The first kappa shape index (κ1) is 22.3. The fraction of sp³-hybridized carbons (Fsp3) is 0.241. The maximum Gasteiger partial charge on any atom is 0.186 e. The molecular formula is C29H28N4S. The largest absolute Gasteiger partial charge is 0.341 e. The summed E-state index contributed by atoms with van der Waals surface area (Å²) in [5, 5.41) is 12.3. The molecule has 0 bridgehead atoms. The van der Waals surface area contributed by atoms with E-state index in [0.29, 0.717) is 11.6 Å². The molecule has 34 heavy (non-hydrogen) atoms. The third-order valence-electron chi connectivity index (χ3n) is 6.49. The smallest absolute Gasteiger partial charge is 0.186 e. The first-order chi connectivity index (χ1) is 16.8. The van der Waals surface area contributed by atoms with Crippen molar-refractivity contribution in [1.29, 1.82) is 5.26 Å². The quantitative estimate of drug-likeness (QED) is 0.319. The average Bonchev–Trinajstić information content (AvgIpc) is 3.39. The second-order valence-corrected chi connectivity index (χ2v) is 9.65. The number of thiazole rings is 1. The van der Waals surface area contributed by atoms with E-state index in [-0.39, 0.29) is 0 Å². The molecule has 4 aromatic rings. The highest BCUT2D eigenvalue weighted by Crippen LogP contribution is 2.32. The Morgan fingerprint density at radius 3 is 2.18 bits per heavy atom. The predicted octanol–water partition coefficient (Wildman–Crippen LogP) is 6.35. The van der Waals surface area contributed by atoms with Crippen LogP contribution in [-0.2, 0) is 13.1 Å². The van der Waals surface area contributed by atoms with Crippen LogP contribution in [0.25, 0.3) is 11.3 Å². The van der Waals surface area contributed by atoms with Gasteiger partial charge in [0, 0.05) is 43.2 Å². The summed E-state index contributed by atoms with van der Waals surface area (Å²) >= 11 is 1.71. The van der Waals surface area contributed by atoms with Crippen LogP contribution in [0.1, 0.15) is 29.5 Å². The summed E-state index contributed by atoms with van der Waals surface area (Å²) in [6.07, 6.45) is 2.26. The number of hydrogen-bond acceptors (Lipinski definition) is 5. The van der Waals surface area contributed by atoms with Crippen molar-refractivity contribution in [2.24, 2.45) is 0 Å². The Balaban J connectivity index is 1.33. The Kier molecular flexibility index (Phi) is 6.99. The van der Waals surface area contributed by atoms with Crippen LogP contribution in [0.2, 0.25) is 0 Å². The molecule has 1 aromatic heterocycles. The highest BCUT2D eigenvalue weighted by molar-refractivity contribution is 7.14. The number of nitrogens with zero attached hydrogens (tertiary/aromatic N) is 4. The molecule has 1 aliphatic rings. The van der Waals surface area contributed by atoms with Gasteiger partial charge in [0.05, 0.1) is 17.3 Å². The number of hydrogen-bond donors (Lipinski definition) is 0. The van der Waals surface area contributed by atoms with Gasteiger partial charge in [-0.15, -0.1) is 11.3 Å². The zero-order chi connectivity index (χ0) is 23.2. The SMILES string of the molecule is N#Cc1ccc(-c2csc(N(Cc3ccccc3)C3CCN(Cc4ccccc4)CC3)n2)cc1. The van der Waals surface area contributed by atoms with Crippen molar-refractivity contribution in [2.75, 3.05) is 18.0 Å². The molecule has 0 radical (unpaired) electrons. The molecule has 0 N–H and O–H groups in total. The molecule has 2 heterocycles. The maximum atomic E-state index is 9.09. The fourth-order valence-corrected chi connectivity index (χ4v) is 5.51. The van der Waals surface area contributed by atoms with E-state index in [1.54, 1.807) is 11.3 Å². The van der Waals surface area contributed by atoms with Gasteiger partial charge in [0.2, 0.25) is 0 Å². The summed E-state index contributed by atoms with van der Waals surface area (Å²) in [5.74, 6) is 0. The second kappa shape index (κ2) is 10.6. The molecule has 1 aliphatic heterocycles. The number of rotatable bonds is 7. The van der Waals surface area contributed by atoms with E-state index in [1.165, 1.54) is 11.1 Å². The molecule has 3 aromatic carbocycles. The average molecular weight is 465 g/mol. The summed E-state index contributed by atoms with van der Waals surface area (Å²) in [6, 6.07) is 31.8. The Bertz CT molecular complexity index is 1220. The zero-order valence-corrected chi connectivity index (χ0v) is 20.0. The lowest BCUT2D eigenvalue weighted by Gasteiger charge is -2.38. The number of anilines is 1. The Morgan fingerprint density at radius 1 is 0.882 bits per heavy atom. The van der Waals surface area contributed by atoms with Crippen LogP contribution < -0.4 is 4.90 Å². The van der Waals surface area contributed by atoms with Gasteiger partial charge in [-0.05, 0) is 36.1 Å². The van der Waals surface area contributed by atoms with Crippen molar-refractivity contribution in [3.05, 3.63) is 107 Å². The van der Waals surface area contributed by atoms with E-state index in [9.17, 15) is 0 Å². The maximum absolute atomic E-state index is 9.09. The van der Waals surface area contributed by atoms with Gasteiger partial charge in [0.25, 0.3) is 0 Å². The number of likely N-dealkylation sites (tertiary alicyclic amines) is 1. The highest BCUT2D eigenvalue weighted by atomic mass is 32.1. The Hall–Kier alpha value is -3.46. The van der Waals surface area contributed by atoms with Crippen molar-refractivity contribution in [1.82, 2.24) is 9.88 Å². The van der Waals surface area contributed by atoms with E-state index in [2.05, 4.69) is 81.9 Å². The van der Waals surface area contributed by atoms with Crippen LogP contribution in [0, 0.1) is 11.3 Å². The molecule has 0 saturated carbocycles. The molecule has 0 atom stereocenters. The van der Waals surface area contributed by atoms with Gasteiger partial charge < -0.3 is 4.90 Å². The number of benzene rings is 3. The van der Waals surface area contributed by atoms with Crippen LogP contribution in [-0.4, -0.2) is 29.0 Å². The van der Waals surface area contributed by atoms with Crippen LogP contribution in [0.15, 0.2) is 90.3 Å². The molecule has 0 aliphatic carbocycles. The summed E-state index contributed by atoms with van der Waals surface area (Å²) in [7, 11) is 0.